The van der Waals surface area contributed by atoms with Crippen molar-refractivity contribution in [3.63, 3.8) is 0 Å². The molecule has 0 N–H and O–H groups in total. The smallest absolute Gasteiger partial charge is 0.306 e. The summed E-state index contributed by atoms with van der Waals surface area (Å²) in [7, 11) is 1.67. The van der Waals surface area contributed by atoms with Gasteiger partial charge in [-0.15, -0.1) is 0 Å². The van der Waals surface area contributed by atoms with Crippen molar-refractivity contribution in [2.45, 2.75) is 58.2 Å². The number of carbonyl (C=O) groups is 2. The van der Waals surface area contributed by atoms with Gasteiger partial charge in [-0.1, -0.05) is 0 Å². The molecule has 1 aliphatic rings. The maximum atomic E-state index is 12.0. The largest absolute Gasteiger partial charge is 0.460 e. The number of nitrogens with zero attached hydrogens (tertiary/aromatic N) is 1. The van der Waals surface area contributed by atoms with E-state index in [9.17, 15) is 9.59 Å². The van der Waals surface area contributed by atoms with Gasteiger partial charge in [-0.2, -0.15) is 0 Å². The van der Waals surface area contributed by atoms with Crippen molar-refractivity contribution < 1.29 is 19.1 Å². The van der Waals surface area contributed by atoms with E-state index in [-0.39, 0.29) is 30.8 Å². The molecule has 1 fully saturated rings. The van der Waals surface area contributed by atoms with E-state index in [1.54, 1.807) is 12.0 Å². The number of hydrogen-bond acceptors (Lipinski definition) is 4. The lowest BCUT2D eigenvalue weighted by Gasteiger charge is -2.32. The molecule has 110 valence electrons. The topological polar surface area (TPSA) is 55.8 Å². The molecule has 0 bridgehead atoms. The number of piperidine rings is 1. The van der Waals surface area contributed by atoms with E-state index in [1.165, 1.54) is 0 Å². The molecule has 0 aromatic carbocycles. The molecule has 0 aromatic rings. The first-order valence-corrected chi connectivity index (χ1v) is 6.84. The molecule has 5 nitrogen and oxygen atoms in total. The Labute approximate surface area is 115 Å². The van der Waals surface area contributed by atoms with Gasteiger partial charge in [0.25, 0.3) is 0 Å². The summed E-state index contributed by atoms with van der Waals surface area (Å²) in [6.45, 7) is 6.85. The molecular formula is C14H25NO4. The van der Waals surface area contributed by atoms with Crippen molar-refractivity contribution in [1.82, 2.24) is 4.90 Å². The van der Waals surface area contributed by atoms with E-state index in [4.69, 9.17) is 9.47 Å². The van der Waals surface area contributed by atoms with E-state index < -0.39 is 5.60 Å². The van der Waals surface area contributed by atoms with Crippen molar-refractivity contribution >= 4 is 11.9 Å². The normalized spacial score (nSPS) is 20.2. The van der Waals surface area contributed by atoms with Crippen LogP contribution in [0.2, 0.25) is 0 Å². The molecule has 1 atom stereocenters. The lowest BCUT2D eigenvalue weighted by atomic mass is 10.1. The van der Waals surface area contributed by atoms with Gasteiger partial charge in [0.15, 0.2) is 0 Å². The number of methoxy groups -OCH3 is 1. The van der Waals surface area contributed by atoms with Crippen molar-refractivity contribution in [2.75, 3.05) is 20.2 Å². The first kappa shape index (κ1) is 16.0. The van der Waals surface area contributed by atoms with Crippen LogP contribution in [0.3, 0.4) is 0 Å². The van der Waals surface area contributed by atoms with E-state index in [0.717, 1.165) is 19.4 Å². The van der Waals surface area contributed by atoms with Crippen LogP contribution in [0.1, 0.15) is 46.5 Å². The number of likely N-dealkylation sites (tertiary alicyclic amines) is 1. The summed E-state index contributed by atoms with van der Waals surface area (Å²) in [6, 6.07) is 0. The van der Waals surface area contributed by atoms with Crippen LogP contribution >= 0.6 is 0 Å². The summed E-state index contributed by atoms with van der Waals surface area (Å²) in [5, 5.41) is 0. The predicted molar refractivity (Wildman–Crippen MR) is 71.7 cm³/mol. The highest BCUT2D eigenvalue weighted by Crippen LogP contribution is 2.15. The summed E-state index contributed by atoms with van der Waals surface area (Å²) in [4.78, 5) is 25.3. The fraction of sp³-hybridized carbons (Fsp3) is 0.857. The molecule has 0 aliphatic carbocycles. The van der Waals surface area contributed by atoms with E-state index in [0.29, 0.717) is 6.54 Å². The highest BCUT2D eigenvalue weighted by Gasteiger charge is 2.24. The van der Waals surface area contributed by atoms with Crippen LogP contribution in [-0.4, -0.2) is 48.7 Å². The van der Waals surface area contributed by atoms with Gasteiger partial charge >= 0.3 is 5.97 Å². The summed E-state index contributed by atoms with van der Waals surface area (Å²) in [5.74, 6) is -0.311. The molecular weight excluding hydrogens is 246 g/mol. The minimum absolute atomic E-state index is 0.00705. The fourth-order valence-electron chi connectivity index (χ4n) is 2.12. The Kier molecular flexibility index (Phi) is 5.79. The average molecular weight is 271 g/mol. The van der Waals surface area contributed by atoms with Gasteiger partial charge in [0.2, 0.25) is 5.91 Å². The quantitative estimate of drug-likeness (QED) is 0.731. The summed E-state index contributed by atoms with van der Waals surface area (Å²) < 4.78 is 10.5. The number of esters is 1. The second-order valence-electron chi connectivity index (χ2n) is 5.93. The molecule has 5 heteroatoms. The molecule has 1 amide bonds. The minimum atomic E-state index is -0.494. The highest BCUT2D eigenvalue weighted by molar-refractivity contribution is 5.81. The molecule has 1 saturated heterocycles. The van der Waals surface area contributed by atoms with Crippen LogP contribution in [-0.2, 0) is 19.1 Å². The molecule has 0 saturated carbocycles. The second kappa shape index (κ2) is 6.89. The summed E-state index contributed by atoms with van der Waals surface area (Å²) in [5.41, 5.74) is -0.494. The van der Waals surface area contributed by atoms with Crippen molar-refractivity contribution in [3.05, 3.63) is 0 Å². The van der Waals surface area contributed by atoms with Gasteiger partial charge in [-0.05, 0) is 33.6 Å². The monoisotopic (exact) mass is 271 g/mol. The van der Waals surface area contributed by atoms with Crippen LogP contribution in [0.15, 0.2) is 0 Å². The molecule has 1 aliphatic heterocycles. The SMILES string of the molecule is COC1CCCN(C(=O)CCC(=O)OC(C)(C)C)C1. The van der Waals surface area contributed by atoms with Gasteiger partial charge in [-0.3, -0.25) is 9.59 Å². The Balaban J connectivity index is 2.33. The third-order valence-electron chi connectivity index (χ3n) is 3.03. The van der Waals surface area contributed by atoms with Gasteiger partial charge in [0, 0.05) is 26.6 Å². The Hall–Kier alpha value is -1.10. The molecule has 0 spiro atoms. The lowest BCUT2D eigenvalue weighted by molar-refractivity contribution is -0.156. The van der Waals surface area contributed by atoms with Crippen molar-refractivity contribution in [2.24, 2.45) is 0 Å². The number of ether oxygens (including phenoxy) is 2. The van der Waals surface area contributed by atoms with E-state index in [2.05, 4.69) is 0 Å². The fourth-order valence-corrected chi connectivity index (χ4v) is 2.12. The zero-order valence-corrected chi connectivity index (χ0v) is 12.4. The van der Waals surface area contributed by atoms with Gasteiger partial charge in [0.1, 0.15) is 5.60 Å². The summed E-state index contributed by atoms with van der Waals surface area (Å²) in [6.07, 6.45) is 2.43. The predicted octanol–water partition coefficient (Wildman–Crippen LogP) is 1.75. The van der Waals surface area contributed by atoms with Crippen LogP contribution < -0.4 is 0 Å². The Morgan fingerprint density at radius 1 is 1.26 bits per heavy atom. The van der Waals surface area contributed by atoms with Crippen LogP contribution in [0, 0.1) is 0 Å². The Bertz CT molecular complexity index is 322. The zero-order chi connectivity index (χ0) is 14.5. The summed E-state index contributed by atoms with van der Waals surface area (Å²) >= 11 is 0. The molecule has 0 radical (unpaired) electrons. The van der Waals surface area contributed by atoms with Gasteiger partial charge in [0.05, 0.1) is 12.5 Å². The van der Waals surface area contributed by atoms with Crippen LogP contribution in [0.5, 0.6) is 0 Å². The number of hydrogen-bond donors (Lipinski definition) is 0. The number of carbonyl (C=O) groups excluding carboxylic acids is 2. The highest BCUT2D eigenvalue weighted by atomic mass is 16.6. The number of rotatable bonds is 4. The maximum Gasteiger partial charge on any atom is 0.306 e. The maximum absolute atomic E-state index is 12.0. The average Bonchev–Trinajstić information content (AvgIpc) is 2.34. The molecule has 1 heterocycles. The molecule has 19 heavy (non-hydrogen) atoms. The third-order valence-corrected chi connectivity index (χ3v) is 3.03. The van der Waals surface area contributed by atoms with Crippen molar-refractivity contribution in [1.29, 1.82) is 0 Å². The zero-order valence-electron chi connectivity index (χ0n) is 12.4. The van der Waals surface area contributed by atoms with E-state index in [1.807, 2.05) is 20.8 Å². The third kappa shape index (κ3) is 6.05. The van der Waals surface area contributed by atoms with Gasteiger partial charge < -0.3 is 14.4 Å². The number of amides is 1. The molecule has 1 unspecified atom stereocenters. The minimum Gasteiger partial charge on any atom is -0.460 e. The van der Waals surface area contributed by atoms with Crippen LogP contribution in [0.25, 0.3) is 0 Å². The Morgan fingerprint density at radius 2 is 1.95 bits per heavy atom. The standard InChI is InChI=1S/C14H25NO4/c1-14(2,3)19-13(17)8-7-12(16)15-9-5-6-11(10-15)18-4/h11H,5-10H2,1-4H3. The first-order chi connectivity index (χ1) is 8.81. The Morgan fingerprint density at radius 3 is 2.53 bits per heavy atom. The second-order valence-corrected chi connectivity index (χ2v) is 5.93. The lowest BCUT2D eigenvalue weighted by Crippen LogP contribution is -2.43. The van der Waals surface area contributed by atoms with Crippen molar-refractivity contribution in [3.8, 4) is 0 Å². The molecule has 0 aromatic heterocycles. The van der Waals surface area contributed by atoms with Gasteiger partial charge in [-0.25, -0.2) is 0 Å². The first-order valence-electron chi connectivity index (χ1n) is 6.84. The van der Waals surface area contributed by atoms with Crippen LogP contribution in [0.4, 0.5) is 0 Å². The molecule has 1 rings (SSSR count). The van der Waals surface area contributed by atoms with E-state index >= 15 is 0 Å².